The van der Waals surface area contributed by atoms with Gasteiger partial charge in [-0.1, -0.05) is 41.9 Å². The highest BCUT2D eigenvalue weighted by Crippen LogP contribution is 2.32. The van der Waals surface area contributed by atoms with E-state index in [4.69, 9.17) is 21.1 Å². The van der Waals surface area contributed by atoms with Crippen LogP contribution in [-0.4, -0.2) is 45.5 Å². The minimum absolute atomic E-state index is 0.0634. The molecule has 1 aliphatic rings. The first-order chi connectivity index (χ1) is 21.7. The molecule has 0 saturated carbocycles. The van der Waals surface area contributed by atoms with Gasteiger partial charge in [-0.15, -0.1) is 0 Å². The summed E-state index contributed by atoms with van der Waals surface area (Å²) < 4.78 is 69.4. The van der Waals surface area contributed by atoms with Gasteiger partial charge >= 0.3 is 0 Å². The molecule has 0 aliphatic carbocycles. The second-order valence-electron chi connectivity index (χ2n) is 10.7. The second-order valence-corrected chi connectivity index (χ2v) is 13.0. The van der Waals surface area contributed by atoms with Gasteiger partial charge in [-0.25, -0.2) is 17.2 Å². The highest BCUT2D eigenvalue weighted by Gasteiger charge is 2.31. The molecule has 4 aromatic carbocycles. The molecule has 1 saturated heterocycles. The van der Waals surface area contributed by atoms with Crippen molar-refractivity contribution >= 4 is 33.2 Å². The molecule has 4 aromatic rings. The lowest BCUT2D eigenvalue weighted by molar-refractivity contribution is 0.0577. The molecule has 1 atom stereocenters. The zero-order valence-electron chi connectivity index (χ0n) is 24.7. The minimum atomic E-state index is -4.35. The molecule has 1 fully saturated rings. The summed E-state index contributed by atoms with van der Waals surface area (Å²) in [6.07, 6.45) is 3.24. The van der Waals surface area contributed by atoms with Crippen LogP contribution < -0.4 is 13.8 Å². The number of hydrogen-bond acceptors (Lipinski definition) is 5. The standard InChI is InChI=1S/C34H33ClF2N2O5S/c1-43-33-12-5-3-10-29(33)34(40)38-20-7-6-9-27(38)19-21-44-32-11-4-2-8-24(32)23-39(31-22-26(36)15-18-30(31)37)45(41,42)28-16-13-25(35)14-17-28/h2-5,8,10-18,22,27H,6-7,9,19-21,23H2,1H3. The van der Waals surface area contributed by atoms with E-state index in [1.165, 1.54) is 31.4 Å². The van der Waals surface area contributed by atoms with Crippen molar-refractivity contribution in [1.29, 1.82) is 0 Å². The number of ether oxygens (including phenoxy) is 2. The Hall–Kier alpha value is -4.15. The average molecular weight is 655 g/mol. The van der Waals surface area contributed by atoms with Crippen LogP contribution in [0, 0.1) is 11.6 Å². The third kappa shape index (κ3) is 7.40. The molecule has 45 heavy (non-hydrogen) atoms. The fourth-order valence-corrected chi connectivity index (χ4v) is 7.06. The monoisotopic (exact) mass is 654 g/mol. The summed E-state index contributed by atoms with van der Waals surface area (Å²) in [6.45, 7) is 0.536. The van der Waals surface area contributed by atoms with Crippen LogP contribution in [0.15, 0.2) is 95.9 Å². The van der Waals surface area contributed by atoms with Crippen LogP contribution >= 0.6 is 11.6 Å². The van der Waals surface area contributed by atoms with Crippen LogP contribution in [0.1, 0.15) is 41.6 Å². The number of anilines is 1. The number of piperidine rings is 1. The lowest BCUT2D eigenvalue weighted by atomic mass is 9.98. The number of methoxy groups -OCH3 is 1. The van der Waals surface area contributed by atoms with Gasteiger partial charge in [0.15, 0.2) is 0 Å². The predicted octanol–water partition coefficient (Wildman–Crippen LogP) is 7.49. The molecule has 0 radical (unpaired) electrons. The SMILES string of the molecule is COc1ccccc1C(=O)N1CCCCC1CCOc1ccccc1CN(c1cc(F)ccc1F)S(=O)(=O)c1ccc(Cl)cc1. The first-order valence-electron chi connectivity index (χ1n) is 14.6. The third-order valence-electron chi connectivity index (χ3n) is 7.80. The molecule has 7 nitrogen and oxygen atoms in total. The van der Waals surface area contributed by atoms with Crippen molar-refractivity contribution in [2.45, 2.75) is 43.2 Å². The van der Waals surface area contributed by atoms with Crippen molar-refractivity contribution in [2.75, 3.05) is 24.6 Å². The Bertz CT molecular complexity index is 1750. The number of amides is 1. The molecular weight excluding hydrogens is 622 g/mol. The van der Waals surface area contributed by atoms with Crippen molar-refractivity contribution in [3.8, 4) is 11.5 Å². The molecule has 0 bridgehead atoms. The van der Waals surface area contributed by atoms with E-state index in [1.54, 1.807) is 42.5 Å². The van der Waals surface area contributed by atoms with Crippen molar-refractivity contribution in [3.05, 3.63) is 119 Å². The van der Waals surface area contributed by atoms with E-state index in [2.05, 4.69) is 0 Å². The van der Waals surface area contributed by atoms with Gasteiger partial charge in [-0.05, 0) is 73.9 Å². The molecule has 1 amide bonds. The Labute approximate surface area is 267 Å². The Kier molecular flexibility index (Phi) is 10.2. The van der Waals surface area contributed by atoms with E-state index in [9.17, 15) is 17.6 Å². The summed E-state index contributed by atoms with van der Waals surface area (Å²) in [5.41, 5.74) is 0.515. The van der Waals surface area contributed by atoms with E-state index in [1.807, 2.05) is 11.0 Å². The maximum absolute atomic E-state index is 15.0. The van der Waals surface area contributed by atoms with Gasteiger partial charge in [0.2, 0.25) is 0 Å². The van der Waals surface area contributed by atoms with Crippen LogP contribution in [-0.2, 0) is 16.6 Å². The number of hydrogen-bond donors (Lipinski definition) is 0. The maximum atomic E-state index is 15.0. The van der Waals surface area contributed by atoms with E-state index in [-0.39, 0.29) is 30.0 Å². The van der Waals surface area contributed by atoms with Crippen LogP contribution in [0.3, 0.4) is 0 Å². The number of sulfonamides is 1. The van der Waals surface area contributed by atoms with Gasteiger partial charge < -0.3 is 14.4 Å². The maximum Gasteiger partial charge on any atom is 0.264 e. The van der Waals surface area contributed by atoms with Gasteiger partial charge in [0.1, 0.15) is 23.1 Å². The number of benzene rings is 4. The molecule has 1 unspecified atom stereocenters. The molecule has 0 spiro atoms. The molecule has 0 aromatic heterocycles. The van der Waals surface area contributed by atoms with Crippen molar-refractivity contribution in [3.63, 3.8) is 0 Å². The van der Waals surface area contributed by atoms with E-state index < -0.39 is 27.3 Å². The van der Waals surface area contributed by atoms with Crippen molar-refractivity contribution in [2.24, 2.45) is 0 Å². The molecule has 5 rings (SSSR count). The van der Waals surface area contributed by atoms with Crippen molar-refractivity contribution in [1.82, 2.24) is 4.90 Å². The van der Waals surface area contributed by atoms with Crippen LogP contribution in [0.25, 0.3) is 0 Å². The van der Waals surface area contributed by atoms with E-state index in [0.29, 0.717) is 40.6 Å². The Balaban J connectivity index is 1.37. The number of nitrogens with zero attached hydrogens (tertiary/aromatic N) is 2. The fraction of sp³-hybridized carbons (Fsp3) is 0.265. The van der Waals surface area contributed by atoms with E-state index >= 15 is 4.39 Å². The first kappa shape index (κ1) is 32.2. The third-order valence-corrected chi connectivity index (χ3v) is 9.83. The zero-order valence-corrected chi connectivity index (χ0v) is 26.2. The smallest absolute Gasteiger partial charge is 0.264 e. The molecular formula is C34H33ClF2N2O5S. The number of carbonyl (C=O) groups excluding carboxylic acids is 1. The second kappa shape index (κ2) is 14.3. The number of para-hydroxylation sites is 2. The van der Waals surface area contributed by atoms with Crippen LogP contribution in [0.4, 0.5) is 14.5 Å². The Morgan fingerprint density at radius 1 is 0.956 bits per heavy atom. The average Bonchev–Trinajstić information content (AvgIpc) is 3.05. The van der Waals surface area contributed by atoms with Crippen molar-refractivity contribution < 1.29 is 31.5 Å². The number of halogens is 3. The summed E-state index contributed by atoms with van der Waals surface area (Å²) in [6, 6.07) is 22.0. The number of rotatable bonds is 11. The fourth-order valence-electron chi connectivity index (χ4n) is 5.49. The van der Waals surface area contributed by atoms with Gasteiger partial charge in [-0.2, -0.15) is 0 Å². The summed E-state index contributed by atoms with van der Waals surface area (Å²) in [4.78, 5) is 15.2. The summed E-state index contributed by atoms with van der Waals surface area (Å²) >= 11 is 5.97. The quantitative estimate of drug-likeness (QED) is 0.168. The summed E-state index contributed by atoms with van der Waals surface area (Å²) in [7, 11) is -2.82. The Morgan fingerprint density at radius 2 is 1.67 bits per heavy atom. The molecule has 0 N–H and O–H groups in total. The Morgan fingerprint density at radius 3 is 2.42 bits per heavy atom. The molecule has 236 valence electrons. The first-order valence-corrected chi connectivity index (χ1v) is 16.4. The summed E-state index contributed by atoms with van der Waals surface area (Å²) in [5.74, 6) is -0.872. The van der Waals surface area contributed by atoms with Crippen LogP contribution in [0.5, 0.6) is 11.5 Å². The molecule has 1 heterocycles. The zero-order chi connectivity index (χ0) is 32.0. The van der Waals surface area contributed by atoms with Gasteiger partial charge in [0, 0.05) is 35.7 Å². The van der Waals surface area contributed by atoms with Gasteiger partial charge in [-0.3, -0.25) is 9.10 Å². The summed E-state index contributed by atoms with van der Waals surface area (Å²) in [5, 5.41) is 0.331. The van der Waals surface area contributed by atoms with Gasteiger partial charge in [0.25, 0.3) is 15.9 Å². The minimum Gasteiger partial charge on any atom is -0.496 e. The molecule has 1 aliphatic heterocycles. The van der Waals surface area contributed by atoms with Crippen LogP contribution in [0.2, 0.25) is 5.02 Å². The predicted molar refractivity (Wildman–Crippen MR) is 169 cm³/mol. The lowest BCUT2D eigenvalue weighted by Crippen LogP contribution is -2.44. The van der Waals surface area contributed by atoms with E-state index in [0.717, 1.165) is 41.8 Å². The number of likely N-dealkylation sites (tertiary alicyclic amines) is 1. The lowest BCUT2D eigenvalue weighted by Gasteiger charge is -2.36. The van der Waals surface area contributed by atoms with Gasteiger partial charge in [0.05, 0.1) is 36.4 Å². The highest BCUT2D eigenvalue weighted by atomic mass is 35.5. The normalized spacial score (nSPS) is 15.0. The number of carbonyl (C=O) groups is 1. The molecule has 11 heteroatoms. The topological polar surface area (TPSA) is 76.2 Å². The largest absolute Gasteiger partial charge is 0.496 e. The highest BCUT2D eigenvalue weighted by molar-refractivity contribution is 7.92.